The number of benzene rings is 1. The number of hydrogen-bond donors (Lipinski definition) is 0. The summed E-state index contributed by atoms with van der Waals surface area (Å²) in [6, 6.07) is 9.93. The van der Waals surface area contributed by atoms with E-state index in [0.29, 0.717) is 0 Å². The largest absolute Gasteiger partial charge is 0.466 e. The average molecular weight is 204 g/mol. The fourth-order valence-electron chi connectivity index (χ4n) is 1.42. The summed E-state index contributed by atoms with van der Waals surface area (Å²) in [6.07, 6.45) is 3.22. The highest BCUT2D eigenvalue weighted by Crippen LogP contribution is 2.39. The maximum Gasteiger partial charge on any atom is 0.330 e. The first-order chi connectivity index (χ1) is 7.31. The molecule has 0 aromatic heterocycles. The molecule has 0 saturated carbocycles. The normalized spacial score (nSPS) is 24.1. The van der Waals surface area contributed by atoms with E-state index in [-0.39, 0.29) is 18.2 Å². The van der Waals surface area contributed by atoms with Gasteiger partial charge >= 0.3 is 5.97 Å². The predicted octanol–water partition coefficient (Wildman–Crippen LogP) is 1.86. The first kappa shape index (κ1) is 9.93. The van der Waals surface area contributed by atoms with Crippen LogP contribution in [0, 0.1) is 0 Å². The molecule has 2 rings (SSSR count). The summed E-state index contributed by atoms with van der Waals surface area (Å²) in [4.78, 5) is 10.8. The summed E-state index contributed by atoms with van der Waals surface area (Å²) in [5.41, 5.74) is 1.14. The molecule has 1 saturated heterocycles. The summed E-state index contributed by atoms with van der Waals surface area (Å²) < 4.78 is 9.89. The summed E-state index contributed by atoms with van der Waals surface area (Å²) in [5.74, 6) is -0.350. The Morgan fingerprint density at radius 3 is 2.80 bits per heavy atom. The second-order valence-corrected chi connectivity index (χ2v) is 3.31. The van der Waals surface area contributed by atoms with E-state index in [1.54, 1.807) is 6.08 Å². The van der Waals surface area contributed by atoms with Crippen molar-refractivity contribution >= 4 is 5.97 Å². The number of carbonyl (C=O) groups is 1. The third-order valence-corrected chi connectivity index (χ3v) is 2.28. The van der Waals surface area contributed by atoms with E-state index in [1.807, 2.05) is 30.3 Å². The third-order valence-electron chi connectivity index (χ3n) is 2.28. The standard InChI is InChI=1S/C12H12O3/c1-14-11(13)8-7-10-12(15-10)9-5-3-2-4-6-9/h2-8,10,12H,1H3/b8-7-. The molecule has 0 N–H and O–H groups in total. The molecule has 0 amide bonds. The van der Waals surface area contributed by atoms with E-state index < -0.39 is 0 Å². The Kier molecular flexibility index (Phi) is 2.83. The molecule has 1 aromatic rings. The van der Waals surface area contributed by atoms with Gasteiger partial charge in [-0.2, -0.15) is 0 Å². The van der Waals surface area contributed by atoms with Crippen LogP contribution in [-0.4, -0.2) is 19.2 Å². The van der Waals surface area contributed by atoms with Crippen LogP contribution in [0.1, 0.15) is 11.7 Å². The van der Waals surface area contributed by atoms with Gasteiger partial charge in [0, 0.05) is 6.08 Å². The van der Waals surface area contributed by atoms with Crippen molar-refractivity contribution in [3.8, 4) is 0 Å². The predicted molar refractivity (Wildman–Crippen MR) is 55.2 cm³/mol. The summed E-state index contributed by atoms with van der Waals surface area (Å²) in [6.45, 7) is 0. The third kappa shape index (κ3) is 2.44. The Morgan fingerprint density at radius 2 is 2.13 bits per heavy atom. The smallest absolute Gasteiger partial charge is 0.330 e. The fourth-order valence-corrected chi connectivity index (χ4v) is 1.42. The topological polar surface area (TPSA) is 38.8 Å². The number of rotatable bonds is 3. The van der Waals surface area contributed by atoms with Crippen LogP contribution in [-0.2, 0) is 14.3 Å². The van der Waals surface area contributed by atoms with Gasteiger partial charge < -0.3 is 9.47 Å². The monoisotopic (exact) mass is 204 g/mol. The van der Waals surface area contributed by atoms with Crippen LogP contribution < -0.4 is 0 Å². The lowest BCUT2D eigenvalue weighted by molar-refractivity contribution is -0.134. The Morgan fingerprint density at radius 1 is 1.40 bits per heavy atom. The van der Waals surface area contributed by atoms with Gasteiger partial charge in [-0.05, 0) is 11.6 Å². The van der Waals surface area contributed by atoms with Crippen molar-refractivity contribution in [3.63, 3.8) is 0 Å². The van der Waals surface area contributed by atoms with Gasteiger partial charge in [-0.25, -0.2) is 4.79 Å². The molecule has 1 aliphatic heterocycles. The highest BCUT2D eigenvalue weighted by Gasteiger charge is 2.37. The second kappa shape index (κ2) is 4.28. The zero-order chi connectivity index (χ0) is 10.7. The minimum absolute atomic E-state index is 0.00602. The lowest BCUT2D eigenvalue weighted by atomic mass is 10.1. The van der Waals surface area contributed by atoms with Crippen LogP contribution in [0.3, 0.4) is 0 Å². The summed E-state index contributed by atoms with van der Waals surface area (Å²) >= 11 is 0. The molecule has 15 heavy (non-hydrogen) atoms. The van der Waals surface area contributed by atoms with E-state index in [1.165, 1.54) is 13.2 Å². The minimum Gasteiger partial charge on any atom is -0.466 e. The van der Waals surface area contributed by atoms with E-state index in [9.17, 15) is 4.79 Å². The average Bonchev–Trinajstić information content (AvgIpc) is 3.06. The van der Waals surface area contributed by atoms with Gasteiger partial charge in [0.2, 0.25) is 0 Å². The Balaban J connectivity index is 1.92. The zero-order valence-corrected chi connectivity index (χ0v) is 8.42. The number of ether oxygens (including phenoxy) is 2. The molecule has 0 spiro atoms. The summed E-state index contributed by atoms with van der Waals surface area (Å²) in [5, 5.41) is 0. The van der Waals surface area contributed by atoms with Crippen LogP contribution in [0.25, 0.3) is 0 Å². The number of methoxy groups -OCH3 is 1. The zero-order valence-electron chi connectivity index (χ0n) is 8.42. The van der Waals surface area contributed by atoms with Crippen molar-refractivity contribution in [2.24, 2.45) is 0 Å². The van der Waals surface area contributed by atoms with Crippen LogP contribution in [0.15, 0.2) is 42.5 Å². The lowest BCUT2D eigenvalue weighted by Gasteiger charge is -1.92. The number of epoxide rings is 1. The lowest BCUT2D eigenvalue weighted by Crippen LogP contribution is -1.95. The van der Waals surface area contributed by atoms with Gasteiger partial charge in [0.05, 0.1) is 7.11 Å². The van der Waals surface area contributed by atoms with E-state index in [0.717, 1.165) is 5.56 Å². The molecule has 0 aliphatic carbocycles. The van der Waals surface area contributed by atoms with Crippen molar-refractivity contribution in [2.75, 3.05) is 7.11 Å². The Labute approximate surface area is 88.3 Å². The molecule has 0 bridgehead atoms. The molecule has 1 aliphatic rings. The van der Waals surface area contributed by atoms with Crippen LogP contribution >= 0.6 is 0 Å². The number of esters is 1. The first-order valence-electron chi connectivity index (χ1n) is 4.78. The molecule has 1 heterocycles. The van der Waals surface area contributed by atoms with E-state index in [2.05, 4.69) is 4.74 Å². The SMILES string of the molecule is COC(=O)/C=C\C1OC1c1ccccc1. The molecular formula is C12H12O3. The molecule has 1 aromatic carbocycles. The highest BCUT2D eigenvalue weighted by molar-refractivity contribution is 5.81. The molecular weight excluding hydrogens is 192 g/mol. The van der Waals surface area contributed by atoms with Crippen molar-refractivity contribution < 1.29 is 14.3 Å². The molecule has 3 heteroatoms. The quantitative estimate of drug-likeness (QED) is 0.428. The Hall–Kier alpha value is -1.61. The van der Waals surface area contributed by atoms with Crippen molar-refractivity contribution in [3.05, 3.63) is 48.0 Å². The second-order valence-electron chi connectivity index (χ2n) is 3.31. The van der Waals surface area contributed by atoms with Crippen molar-refractivity contribution in [1.29, 1.82) is 0 Å². The van der Waals surface area contributed by atoms with Gasteiger partial charge in [0.25, 0.3) is 0 Å². The maximum absolute atomic E-state index is 10.8. The molecule has 78 valence electrons. The van der Waals surface area contributed by atoms with Gasteiger partial charge in [-0.15, -0.1) is 0 Å². The molecule has 1 fully saturated rings. The van der Waals surface area contributed by atoms with Gasteiger partial charge in [0.1, 0.15) is 12.2 Å². The molecule has 2 unspecified atom stereocenters. The molecule has 0 radical (unpaired) electrons. The minimum atomic E-state index is -0.350. The van der Waals surface area contributed by atoms with Gasteiger partial charge in [-0.1, -0.05) is 30.3 Å². The maximum atomic E-state index is 10.8. The highest BCUT2D eigenvalue weighted by atomic mass is 16.6. The van der Waals surface area contributed by atoms with Crippen LogP contribution in [0.5, 0.6) is 0 Å². The summed E-state index contributed by atoms with van der Waals surface area (Å²) in [7, 11) is 1.36. The number of hydrogen-bond acceptors (Lipinski definition) is 3. The Bertz CT molecular complexity index is 370. The van der Waals surface area contributed by atoms with E-state index in [4.69, 9.17) is 4.74 Å². The first-order valence-corrected chi connectivity index (χ1v) is 4.78. The molecule has 3 nitrogen and oxygen atoms in total. The van der Waals surface area contributed by atoms with Crippen molar-refractivity contribution in [2.45, 2.75) is 12.2 Å². The van der Waals surface area contributed by atoms with Gasteiger partial charge in [-0.3, -0.25) is 0 Å². The van der Waals surface area contributed by atoms with Crippen LogP contribution in [0.2, 0.25) is 0 Å². The van der Waals surface area contributed by atoms with Crippen LogP contribution in [0.4, 0.5) is 0 Å². The van der Waals surface area contributed by atoms with E-state index >= 15 is 0 Å². The number of carbonyl (C=O) groups excluding carboxylic acids is 1. The van der Waals surface area contributed by atoms with Gasteiger partial charge in [0.15, 0.2) is 0 Å². The van der Waals surface area contributed by atoms with Crippen molar-refractivity contribution in [1.82, 2.24) is 0 Å². The molecule has 2 atom stereocenters. The fraction of sp³-hybridized carbons (Fsp3) is 0.250.